The molecule has 1 aromatic heterocycles. The smallest absolute Gasteiger partial charge is 0.355 e. The van der Waals surface area contributed by atoms with Crippen molar-refractivity contribution in [1.29, 1.82) is 0 Å². The fourth-order valence-electron chi connectivity index (χ4n) is 4.26. The maximum Gasteiger partial charge on any atom is 0.355 e. The third-order valence-electron chi connectivity index (χ3n) is 6.13. The van der Waals surface area contributed by atoms with Gasteiger partial charge in [-0.3, -0.25) is 4.79 Å². The summed E-state index contributed by atoms with van der Waals surface area (Å²) < 4.78 is 15.3. The van der Waals surface area contributed by atoms with Crippen LogP contribution < -0.4 is 4.74 Å². The van der Waals surface area contributed by atoms with Crippen molar-refractivity contribution < 1.29 is 28.6 Å². The molecule has 0 fully saturated rings. The number of hydrazone groups is 1. The van der Waals surface area contributed by atoms with Crippen molar-refractivity contribution in [2.75, 3.05) is 20.8 Å². The number of carbonyl (C=O) groups excluding carboxylic acids is 3. The number of benzene rings is 2. The quantitative estimate of drug-likeness (QED) is 0.503. The van der Waals surface area contributed by atoms with Crippen LogP contribution in [0.2, 0.25) is 0 Å². The lowest BCUT2D eigenvalue weighted by Crippen LogP contribution is -2.31. The van der Waals surface area contributed by atoms with Gasteiger partial charge < -0.3 is 19.2 Å². The number of ether oxygens (including phenoxy) is 3. The van der Waals surface area contributed by atoms with Gasteiger partial charge in [-0.15, -0.1) is 0 Å². The summed E-state index contributed by atoms with van der Waals surface area (Å²) in [5, 5.41) is 5.95. The number of aromatic amines is 1. The third-order valence-corrected chi connectivity index (χ3v) is 6.13. The number of H-pyrrole nitrogens is 1. The summed E-state index contributed by atoms with van der Waals surface area (Å²) in [6.07, 6.45) is 0.507. The largest absolute Gasteiger partial charge is 0.497 e. The Balaban J connectivity index is 1.54. The van der Waals surface area contributed by atoms with Crippen LogP contribution in [0.5, 0.6) is 5.75 Å². The zero-order valence-corrected chi connectivity index (χ0v) is 20.5. The van der Waals surface area contributed by atoms with E-state index in [2.05, 4.69) is 10.1 Å². The molecule has 1 N–H and O–H groups in total. The molecule has 1 amide bonds. The molecule has 2 heterocycles. The lowest BCUT2D eigenvalue weighted by atomic mass is 9.98. The van der Waals surface area contributed by atoms with Crippen LogP contribution in [0.15, 0.2) is 59.7 Å². The van der Waals surface area contributed by atoms with Gasteiger partial charge in [0.1, 0.15) is 11.4 Å². The molecule has 0 radical (unpaired) electrons. The van der Waals surface area contributed by atoms with E-state index in [1.54, 1.807) is 21.0 Å². The highest BCUT2D eigenvalue weighted by Gasteiger charge is 2.34. The minimum Gasteiger partial charge on any atom is -0.497 e. The van der Waals surface area contributed by atoms with Gasteiger partial charge in [0.2, 0.25) is 0 Å². The van der Waals surface area contributed by atoms with Crippen LogP contribution in [-0.4, -0.2) is 54.4 Å². The van der Waals surface area contributed by atoms with Crippen molar-refractivity contribution in [2.24, 2.45) is 5.10 Å². The summed E-state index contributed by atoms with van der Waals surface area (Å²) >= 11 is 0. The molecular weight excluding hydrogens is 462 g/mol. The molecule has 1 aliphatic heterocycles. The predicted molar refractivity (Wildman–Crippen MR) is 132 cm³/mol. The zero-order valence-electron chi connectivity index (χ0n) is 20.5. The molecule has 0 saturated heterocycles. The molecule has 1 aliphatic rings. The van der Waals surface area contributed by atoms with Gasteiger partial charge in [0, 0.05) is 12.1 Å². The van der Waals surface area contributed by atoms with E-state index in [4.69, 9.17) is 14.2 Å². The summed E-state index contributed by atoms with van der Waals surface area (Å²) in [6.45, 7) is 2.76. The van der Waals surface area contributed by atoms with Gasteiger partial charge in [-0.25, -0.2) is 14.6 Å². The number of carbonyl (C=O) groups is 3. The van der Waals surface area contributed by atoms with E-state index in [0.29, 0.717) is 23.4 Å². The minimum absolute atomic E-state index is 0.0994. The fraction of sp³-hybridized carbons (Fsp3) is 0.259. The van der Waals surface area contributed by atoms with Gasteiger partial charge in [0.05, 0.1) is 31.5 Å². The second kappa shape index (κ2) is 10.5. The van der Waals surface area contributed by atoms with Gasteiger partial charge in [0.25, 0.3) is 5.91 Å². The van der Waals surface area contributed by atoms with Gasteiger partial charge in [-0.2, -0.15) is 5.10 Å². The second-order valence-electron chi connectivity index (χ2n) is 8.34. The monoisotopic (exact) mass is 489 g/mol. The van der Waals surface area contributed by atoms with Crippen molar-refractivity contribution >= 4 is 23.6 Å². The molecule has 9 heteroatoms. The van der Waals surface area contributed by atoms with Crippen molar-refractivity contribution in [2.45, 2.75) is 26.3 Å². The zero-order chi connectivity index (χ0) is 25.8. The standard InChI is InChI=1S/C27H27N3O6/c1-16-24(26(32)35-4)17(2)28-25(16)27(33)36-15-23(31)30-22(19-10-12-20(34-3)13-11-19)14-21(29-30)18-8-6-5-7-9-18/h5-13,22,28H,14-15H2,1-4H3. The highest BCUT2D eigenvalue weighted by atomic mass is 16.5. The van der Waals surface area contributed by atoms with E-state index in [0.717, 1.165) is 16.8 Å². The van der Waals surface area contributed by atoms with Crippen LogP contribution in [0.3, 0.4) is 0 Å². The minimum atomic E-state index is -0.744. The van der Waals surface area contributed by atoms with Crippen LogP contribution in [0.4, 0.5) is 0 Å². The van der Waals surface area contributed by atoms with Crippen molar-refractivity contribution in [1.82, 2.24) is 9.99 Å². The molecular formula is C27H27N3O6. The van der Waals surface area contributed by atoms with E-state index in [1.807, 2.05) is 54.6 Å². The molecule has 1 unspecified atom stereocenters. The van der Waals surface area contributed by atoms with Gasteiger partial charge in [0.15, 0.2) is 6.61 Å². The summed E-state index contributed by atoms with van der Waals surface area (Å²) in [4.78, 5) is 40.8. The number of esters is 2. The molecule has 36 heavy (non-hydrogen) atoms. The molecule has 0 saturated carbocycles. The summed E-state index contributed by atoms with van der Waals surface area (Å²) in [7, 11) is 2.86. The number of aryl methyl sites for hydroxylation is 1. The number of methoxy groups -OCH3 is 2. The van der Waals surface area contributed by atoms with Crippen LogP contribution in [0, 0.1) is 13.8 Å². The lowest BCUT2D eigenvalue weighted by molar-refractivity contribution is -0.136. The topological polar surface area (TPSA) is 110 Å². The molecule has 1 atom stereocenters. The Bertz CT molecular complexity index is 1310. The molecule has 0 spiro atoms. The number of hydrogen-bond donors (Lipinski definition) is 1. The Morgan fingerprint density at radius 1 is 1.00 bits per heavy atom. The summed E-state index contributed by atoms with van der Waals surface area (Å²) in [5.74, 6) is -1.06. The van der Waals surface area contributed by atoms with Gasteiger partial charge in [-0.05, 0) is 42.7 Å². The number of nitrogens with zero attached hydrogens (tertiary/aromatic N) is 2. The van der Waals surface area contributed by atoms with E-state index >= 15 is 0 Å². The van der Waals surface area contributed by atoms with Crippen molar-refractivity contribution in [3.63, 3.8) is 0 Å². The molecule has 9 nitrogen and oxygen atoms in total. The number of aromatic nitrogens is 1. The number of nitrogens with one attached hydrogen (secondary N) is 1. The predicted octanol–water partition coefficient (Wildman–Crippen LogP) is 3.96. The first-order chi connectivity index (χ1) is 17.3. The molecule has 2 aromatic carbocycles. The molecule has 0 bridgehead atoms. The van der Waals surface area contributed by atoms with Gasteiger partial charge in [-0.1, -0.05) is 42.5 Å². The number of amides is 1. The molecule has 3 aromatic rings. The Labute approximate surface area is 208 Å². The van der Waals surface area contributed by atoms with E-state index in [-0.39, 0.29) is 17.3 Å². The second-order valence-corrected chi connectivity index (χ2v) is 8.34. The Morgan fingerprint density at radius 2 is 1.69 bits per heavy atom. The first-order valence-electron chi connectivity index (χ1n) is 11.4. The van der Waals surface area contributed by atoms with E-state index in [1.165, 1.54) is 12.1 Å². The summed E-state index contributed by atoms with van der Waals surface area (Å²) in [5.41, 5.74) is 3.80. The SMILES string of the molecule is COC(=O)c1c(C)[nH]c(C(=O)OCC(=O)N2N=C(c3ccccc3)CC2c2ccc(OC)cc2)c1C. The maximum atomic E-state index is 13.2. The Hall–Kier alpha value is -4.40. The van der Waals surface area contributed by atoms with Crippen LogP contribution in [0.25, 0.3) is 0 Å². The normalized spacial score (nSPS) is 14.8. The average Bonchev–Trinajstić information content (AvgIpc) is 3.48. The average molecular weight is 490 g/mol. The summed E-state index contributed by atoms with van der Waals surface area (Å²) in [6, 6.07) is 16.7. The first-order valence-corrected chi connectivity index (χ1v) is 11.4. The first kappa shape index (κ1) is 24.7. The fourth-order valence-corrected chi connectivity index (χ4v) is 4.26. The van der Waals surface area contributed by atoms with Gasteiger partial charge >= 0.3 is 11.9 Å². The van der Waals surface area contributed by atoms with Crippen molar-refractivity contribution in [3.8, 4) is 5.75 Å². The van der Waals surface area contributed by atoms with Crippen LogP contribution >= 0.6 is 0 Å². The number of rotatable bonds is 7. The Morgan fingerprint density at radius 3 is 2.33 bits per heavy atom. The van der Waals surface area contributed by atoms with Crippen LogP contribution in [0.1, 0.15) is 55.7 Å². The highest BCUT2D eigenvalue weighted by molar-refractivity contribution is 6.03. The third kappa shape index (κ3) is 4.86. The molecule has 0 aliphatic carbocycles. The highest BCUT2D eigenvalue weighted by Crippen LogP contribution is 2.33. The molecule has 186 valence electrons. The van der Waals surface area contributed by atoms with E-state index in [9.17, 15) is 14.4 Å². The number of hydrogen-bond acceptors (Lipinski definition) is 7. The Kier molecular flexibility index (Phi) is 7.19. The van der Waals surface area contributed by atoms with E-state index < -0.39 is 24.5 Å². The lowest BCUT2D eigenvalue weighted by Gasteiger charge is -2.22. The van der Waals surface area contributed by atoms with Crippen molar-refractivity contribution in [3.05, 3.63) is 88.2 Å². The van der Waals surface area contributed by atoms with Crippen LogP contribution in [-0.2, 0) is 14.3 Å². The maximum absolute atomic E-state index is 13.2. The molecule has 4 rings (SSSR count).